The van der Waals surface area contributed by atoms with E-state index in [1.165, 1.54) is 48.2 Å². The molecule has 0 aliphatic heterocycles. The zero-order chi connectivity index (χ0) is 27.1. The van der Waals surface area contributed by atoms with Crippen LogP contribution in [0.2, 0.25) is 5.02 Å². The number of pyridine rings is 1. The quantitative estimate of drug-likeness (QED) is 0.392. The first kappa shape index (κ1) is 27.5. The van der Waals surface area contributed by atoms with Crippen molar-refractivity contribution >= 4 is 29.2 Å². The molecule has 1 heterocycles. The molecule has 2 aromatic carbocycles. The highest BCUT2D eigenvalue weighted by molar-refractivity contribution is 6.31. The van der Waals surface area contributed by atoms with Crippen LogP contribution >= 0.6 is 11.6 Å². The highest BCUT2D eigenvalue weighted by Crippen LogP contribution is 2.33. The smallest absolute Gasteiger partial charge is 0.335 e. The summed E-state index contributed by atoms with van der Waals surface area (Å²) in [7, 11) is 1.42. The number of amides is 1. The van der Waals surface area contributed by atoms with E-state index in [9.17, 15) is 19.6 Å². The van der Waals surface area contributed by atoms with Crippen LogP contribution in [0.4, 0.5) is 5.69 Å². The van der Waals surface area contributed by atoms with Gasteiger partial charge in [0.25, 0.3) is 5.56 Å². The zero-order valence-electron chi connectivity index (χ0n) is 20.5. The minimum absolute atomic E-state index is 0.0758. The van der Waals surface area contributed by atoms with Gasteiger partial charge in [-0.15, -0.1) is 0 Å². The molecule has 0 fully saturated rings. The number of benzene rings is 2. The second-order valence-corrected chi connectivity index (χ2v) is 8.83. The Morgan fingerprint density at radius 1 is 1.14 bits per heavy atom. The number of rotatable bonds is 10. The SMILES string of the molecule is COc1cn([C@@H](CCOC(C)C)C(=O)Nc2ccc(C(=O)O)cc2)c(=O)cc1-c1cc(Cl)ccc1C#N. The molecule has 1 atom stereocenters. The van der Waals surface area contributed by atoms with Crippen LogP contribution in [-0.4, -0.2) is 41.4 Å². The Morgan fingerprint density at radius 3 is 2.43 bits per heavy atom. The first-order valence-corrected chi connectivity index (χ1v) is 11.8. The normalized spacial score (nSPS) is 11.6. The van der Waals surface area contributed by atoms with Gasteiger partial charge in [0.2, 0.25) is 5.91 Å². The Balaban J connectivity index is 2.02. The lowest BCUT2D eigenvalue weighted by Crippen LogP contribution is -2.34. The molecule has 9 nitrogen and oxygen atoms in total. The van der Waals surface area contributed by atoms with E-state index in [4.69, 9.17) is 26.2 Å². The van der Waals surface area contributed by atoms with Crippen LogP contribution in [0, 0.1) is 11.3 Å². The van der Waals surface area contributed by atoms with Crippen LogP contribution in [0.3, 0.4) is 0 Å². The second-order valence-electron chi connectivity index (χ2n) is 8.40. The summed E-state index contributed by atoms with van der Waals surface area (Å²) in [6, 6.07) is 12.8. The first-order chi connectivity index (χ1) is 17.6. The number of nitriles is 1. The molecule has 37 heavy (non-hydrogen) atoms. The number of hydrogen-bond donors (Lipinski definition) is 2. The Kier molecular flexibility index (Phi) is 9.06. The van der Waals surface area contributed by atoms with Crippen molar-refractivity contribution in [2.24, 2.45) is 0 Å². The van der Waals surface area contributed by atoms with Gasteiger partial charge in [-0.05, 0) is 56.3 Å². The summed E-state index contributed by atoms with van der Waals surface area (Å²) in [6.07, 6.45) is 1.53. The third kappa shape index (κ3) is 6.76. The number of methoxy groups -OCH3 is 1. The van der Waals surface area contributed by atoms with Crippen LogP contribution in [-0.2, 0) is 9.53 Å². The number of aromatic carboxylic acids is 1. The summed E-state index contributed by atoms with van der Waals surface area (Å²) in [5, 5.41) is 21.7. The summed E-state index contributed by atoms with van der Waals surface area (Å²) in [5.74, 6) is -1.31. The van der Waals surface area contributed by atoms with Crippen molar-refractivity contribution < 1.29 is 24.2 Å². The van der Waals surface area contributed by atoms with Gasteiger partial charge in [0.15, 0.2) is 0 Å². The second kappa shape index (κ2) is 12.2. The molecular formula is C27H26ClN3O6. The Hall–Kier alpha value is -4.13. The predicted octanol–water partition coefficient (Wildman–Crippen LogP) is 4.74. The number of anilines is 1. The van der Waals surface area contributed by atoms with Gasteiger partial charge >= 0.3 is 5.97 Å². The van der Waals surface area contributed by atoms with Crippen molar-refractivity contribution in [1.82, 2.24) is 4.57 Å². The summed E-state index contributed by atoms with van der Waals surface area (Å²) in [6.45, 7) is 3.93. The van der Waals surface area contributed by atoms with E-state index in [-0.39, 0.29) is 30.4 Å². The minimum atomic E-state index is -1.08. The average Bonchev–Trinajstić information content (AvgIpc) is 2.86. The first-order valence-electron chi connectivity index (χ1n) is 11.4. The molecule has 0 spiro atoms. The lowest BCUT2D eigenvalue weighted by atomic mass is 10.00. The number of aromatic nitrogens is 1. The lowest BCUT2D eigenvalue weighted by molar-refractivity contribution is -0.120. The van der Waals surface area contributed by atoms with Gasteiger partial charge in [0, 0.05) is 40.9 Å². The van der Waals surface area contributed by atoms with Crippen molar-refractivity contribution in [3.63, 3.8) is 0 Å². The molecule has 0 unspecified atom stereocenters. The predicted molar refractivity (Wildman–Crippen MR) is 139 cm³/mol. The number of halogens is 1. The van der Waals surface area contributed by atoms with Gasteiger partial charge in [0.1, 0.15) is 11.8 Å². The third-order valence-electron chi connectivity index (χ3n) is 5.54. The lowest BCUT2D eigenvalue weighted by Gasteiger charge is -2.22. The molecule has 3 aromatic rings. The van der Waals surface area contributed by atoms with Crippen LogP contribution in [0.5, 0.6) is 5.75 Å². The molecule has 0 saturated heterocycles. The van der Waals surface area contributed by atoms with Gasteiger partial charge in [-0.1, -0.05) is 11.6 Å². The molecular weight excluding hydrogens is 498 g/mol. The Labute approximate surface area is 218 Å². The maximum absolute atomic E-state index is 13.3. The minimum Gasteiger partial charge on any atom is -0.495 e. The number of carboxylic acids is 1. The van der Waals surface area contributed by atoms with Crippen LogP contribution in [0.1, 0.15) is 42.2 Å². The number of ether oxygens (including phenoxy) is 2. The van der Waals surface area contributed by atoms with Gasteiger partial charge in [0.05, 0.1) is 36.6 Å². The van der Waals surface area contributed by atoms with E-state index < -0.39 is 23.5 Å². The molecule has 0 saturated carbocycles. The molecule has 1 aromatic heterocycles. The highest BCUT2D eigenvalue weighted by atomic mass is 35.5. The standard InChI is InChI=1S/C27H26ClN3O6/c1-16(2)37-11-10-23(26(33)30-20-8-5-17(6-9-20)27(34)35)31-15-24(36-3)22(13-25(31)32)21-12-19(28)7-4-18(21)14-29/h4-9,12-13,15-16,23H,10-11H2,1-3H3,(H,30,33)(H,34,35)/t23-/m0/s1. The van der Waals surface area contributed by atoms with Crippen LogP contribution < -0.4 is 15.6 Å². The summed E-state index contributed by atoms with van der Waals surface area (Å²) >= 11 is 6.14. The van der Waals surface area contributed by atoms with E-state index in [1.54, 1.807) is 18.2 Å². The van der Waals surface area contributed by atoms with Crippen molar-refractivity contribution in [1.29, 1.82) is 5.26 Å². The summed E-state index contributed by atoms with van der Waals surface area (Å²) in [5.41, 5.74) is 1.06. The van der Waals surface area contributed by atoms with Crippen molar-refractivity contribution in [3.05, 3.63) is 81.2 Å². The molecule has 2 N–H and O–H groups in total. The number of nitrogens with one attached hydrogen (secondary N) is 1. The number of carboxylic acid groups (broad SMARTS) is 1. The molecule has 0 radical (unpaired) electrons. The molecule has 192 valence electrons. The van der Waals surface area contributed by atoms with Gasteiger partial charge in [-0.2, -0.15) is 5.26 Å². The number of carbonyl (C=O) groups is 2. The number of carbonyl (C=O) groups excluding carboxylic acids is 1. The molecule has 0 aliphatic rings. The highest BCUT2D eigenvalue weighted by Gasteiger charge is 2.24. The molecule has 1 amide bonds. The fraction of sp³-hybridized carbons (Fsp3) is 0.259. The maximum Gasteiger partial charge on any atom is 0.335 e. The van der Waals surface area contributed by atoms with E-state index in [1.807, 2.05) is 13.8 Å². The van der Waals surface area contributed by atoms with Crippen molar-refractivity contribution in [2.75, 3.05) is 19.0 Å². The number of hydrogen-bond acceptors (Lipinski definition) is 6. The monoisotopic (exact) mass is 523 g/mol. The van der Waals surface area contributed by atoms with E-state index in [0.717, 1.165) is 0 Å². The summed E-state index contributed by atoms with van der Waals surface area (Å²) < 4.78 is 12.4. The van der Waals surface area contributed by atoms with Crippen molar-refractivity contribution in [3.8, 4) is 22.9 Å². The fourth-order valence-corrected chi connectivity index (χ4v) is 3.89. The van der Waals surface area contributed by atoms with Crippen LogP contribution in [0.15, 0.2) is 59.5 Å². The van der Waals surface area contributed by atoms with E-state index in [2.05, 4.69) is 11.4 Å². The number of nitrogens with zero attached hydrogens (tertiary/aromatic N) is 2. The van der Waals surface area contributed by atoms with Crippen LogP contribution in [0.25, 0.3) is 11.1 Å². The van der Waals surface area contributed by atoms with Gasteiger partial charge in [-0.25, -0.2) is 4.79 Å². The maximum atomic E-state index is 13.3. The van der Waals surface area contributed by atoms with E-state index in [0.29, 0.717) is 27.4 Å². The summed E-state index contributed by atoms with van der Waals surface area (Å²) in [4.78, 5) is 37.7. The third-order valence-corrected chi connectivity index (χ3v) is 5.77. The largest absolute Gasteiger partial charge is 0.495 e. The van der Waals surface area contributed by atoms with Gasteiger partial charge < -0.3 is 19.9 Å². The van der Waals surface area contributed by atoms with Crippen molar-refractivity contribution in [2.45, 2.75) is 32.4 Å². The van der Waals surface area contributed by atoms with E-state index >= 15 is 0 Å². The fourth-order valence-electron chi connectivity index (χ4n) is 3.72. The zero-order valence-corrected chi connectivity index (χ0v) is 21.3. The molecule has 10 heteroatoms. The van der Waals surface area contributed by atoms with Gasteiger partial charge in [-0.3, -0.25) is 14.2 Å². The molecule has 0 bridgehead atoms. The molecule has 3 rings (SSSR count). The Bertz CT molecular complexity index is 1390. The molecule has 0 aliphatic carbocycles. The Morgan fingerprint density at radius 2 is 1.84 bits per heavy atom. The topological polar surface area (TPSA) is 131 Å². The average molecular weight is 524 g/mol.